The van der Waals surface area contributed by atoms with Crippen LogP contribution in [0.25, 0.3) is 0 Å². The number of carboxylic acid groups (broad SMARTS) is 1. The Morgan fingerprint density at radius 3 is 2.75 bits per heavy atom. The Kier molecular flexibility index (Phi) is 6.72. The zero-order chi connectivity index (χ0) is 18.1. The number of nitrogens with zero attached hydrogens (tertiary/aromatic N) is 2. The van der Waals surface area contributed by atoms with Crippen LogP contribution in [0.1, 0.15) is 6.42 Å². The van der Waals surface area contributed by atoms with E-state index in [-0.39, 0.29) is 30.0 Å². The molecule has 0 aromatic heterocycles. The highest BCUT2D eigenvalue weighted by Crippen LogP contribution is 2.29. The number of hydrogen-bond donors (Lipinski definition) is 3. The van der Waals surface area contributed by atoms with Crippen LogP contribution in [0.4, 0.5) is 11.4 Å². The van der Waals surface area contributed by atoms with Crippen molar-refractivity contribution in [3.63, 3.8) is 0 Å². The highest BCUT2D eigenvalue weighted by Gasteiger charge is 2.12. The number of methoxy groups -OCH3 is 1. The first-order valence-corrected chi connectivity index (χ1v) is 6.58. The first-order chi connectivity index (χ1) is 11.4. The molecule has 1 aromatic rings. The molecule has 0 aliphatic carbocycles. The summed E-state index contributed by atoms with van der Waals surface area (Å²) in [6, 6.07) is 5.46. The Hall–Kier alpha value is -3.61. The van der Waals surface area contributed by atoms with Crippen molar-refractivity contribution < 1.29 is 24.4 Å². The molecule has 24 heavy (non-hydrogen) atoms. The molecular weight excluding hydrogens is 320 g/mol. The van der Waals surface area contributed by atoms with Gasteiger partial charge >= 0.3 is 5.97 Å². The number of nitrogens with one attached hydrogen (secondary N) is 2. The molecule has 0 saturated heterocycles. The maximum atomic E-state index is 11.7. The van der Waals surface area contributed by atoms with Gasteiger partial charge in [0.1, 0.15) is 17.4 Å². The fraction of sp³-hybridized carbons (Fsp3) is 0.214. The second-order valence-corrected chi connectivity index (χ2v) is 4.36. The van der Waals surface area contributed by atoms with E-state index in [2.05, 4.69) is 10.6 Å². The number of ether oxygens (including phenoxy) is 1. The molecule has 1 amide bonds. The summed E-state index contributed by atoms with van der Waals surface area (Å²) >= 11 is 0. The quantitative estimate of drug-likeness (QED) is 0.275. The van der Waals surface area contributed by atoms with Gasteiger partial charge in [-0.15, -0.1) is 0 Å². The number of aliphatic carboxylic acids is 1. The average molecular weight is 334 g/mol. The molecule has 0 heterocycles. The fourth-order valence-electron chi connectivity index (χ4n) is 1.59. The summed E-state index contributed by atoms with van der Waals surface area (Å²) in [6.07, 6.45) is 0.827. The van der Waals surface area contributed by atoms with Crippen LogP contribution >= 0.6 is 0 Å². The van der Waals surface area contributed by atoms with Crippen molar-refractivity contribution in [2.24, 2.45) is 0 Å². The largest absolute Gasteiger partial charge is 0.494 e. The Bertz CT molecular complexity index is 722. The second-order valence-electron chi connectivity index (χ2n) is 4.36. The number of nitro benzene ring substituents is 1. The maximum absolute atomic E-state index is 11.7. The van der Waals surface area contributed by atoms with Gasteiger partial charge < -0.3 is 20.5 Å². The molecule has 0 saturated carbocycles. The van der Waals surface area contributed by atoms with E-state index >= 15 is 0 Å². The predicted octanol–water partition coefficient (Wildman–Crippen LogP) is 1.01. The molecule has 0 bridgehead atoms. The molecule has 0 fully saturated rings. The highest BCUT2D eigenvalue weighted by molar-refractivity contribution is 5.97. The van der Waals surface area contributed by atoms with Crippen LogP contribution in [-0.4, -0.2) is 35.6 Å². The molecular formula is C14H14N4O6. The van der Waals surface area contributed by atoms with E-state index in [4.69, 9.17) is 15.1 Å². The number of benzene rings is 1. The molecule has 0 aliphatic heterocycles. The van der Waals surface area contributed by atoms with Gasteiger partial charge in [-0.25, -0.2) is 0 Å². The lowest BCUT2D eigenvalue weighted by atomic mass is 10.2. The van der Waals surface area contributed by atoms with Crippen molar-refractivity contribution in [2.45, 2.75) is 6.42 Å². The SMILES string of the molecule is COc1cc([N+](=O)[O-])ccc1N/C=C(/C#N)C(=O)NCCC(=O)O. The third kappa shape index (κ3) is 5.30. The smallest absolute Gasteiger partial charge is 0.305 e. The van der Waals surface area contributed by atoms with Gasteiger partial charge in [0.25, 0.3) is 11.6 Å². The lowest BCUT2D eigenvalue weighted by molar-refractivity contribution is -0.384. The Morgan fingerprint density at radius 2 is 2.21 bits per heavy atom. The molecule has 126 valence electrons. The third-order valence-electron chi connectivity index (χ3n) is 2.76. The van der Waals surface area contributed by atoms with E-state index in [0.717, 1.165) is 6.20 Å². The molecule has 0 aliphatic rings. The monoisotopic (exact) mass is 334 g/mol. The van der Waals surface area contributed by atoms with Crippen LogP contribution < -0.4 is 15.4 Å². The van der Waals surface area contributed by atoms with Gasteiger partial charge in [0, 0.05) is 18.8 Å². The zero-order valence-corrected chi connectivity index (χ0v) is 12.6. The highest BCUT2D eigenvalue weighted by atomic mass is 16.6. The number of nitriles is 1. The molecule has 0 spiro atoms. The van der Waals surface area contributed by atoms with E-state index in [9.17, 15) is 19.7 Å². The van der Waals surface area contributed by atoms with Crippen LogP contribution in [-0.2, 0) is 9.59 Å². The Morgan fingerprint density at radius 1 is 1.50 bits per heavy atom. The molecule has 0 radical (unpaired) electrons. The zero-order valence-electron chi connectivity index (χ0n) is 12.6. The minimum absolute atomic E-state index is 0.117. The third-order valence-corrected chi connectivity index (χ3v) is 2.76. The van der Waals surface area contributed by atoms with Crippen LogP contribution in [0.2, 0.25) is 0 Å². The van der Waals surface area contributed by atoms with Crippen molar-refractivity contribution in [3.8, 4) is 11.8 Å². The maximum Gasteiger partial charge on any atom is 0.305 e. The van der Waals surface area contributed by atoms with E-state index in [1.54, 1.807) is 6.07 Å². The Balaban J connectivity index is 2.85. The van der Waals surface area contributed by atoms with Crippen LogP contribution in [0.5, 0.6) is 5.75 Å². The van der Waals surface area contributed by atoms with E-state index in [1.807, 2.05) is 0 Å². The molecule has 1 rings (SSSR count). The normalized spacial score (nSPS) is 10.4. The lowest BCUT2D eigenvalue weighted by Crippen LogP contribution is -2.27. The van der Waals surface area contributed by atoms with Crippen molar-refractivity contribution in [3.05, 3.63) is 40.1 Å². The molecule has 1 aromatic carbocycles. The van der Waals surface area contributed by atoms with Gasteiger partial charge in [0.05, 0.1) is 30.2 Å². The van der Waals surface area contributed by atoms with Gasteiger partial charge in [0.2, 0.25) is 0 Å². The summed E-state index contributed by atoms with van der Waals surface area (Å²) in [5.41, 5.74) is -0.150. The van der Waals surface area contributed by atoms with E-state index < -0.39 is 16.8 Å². The minimum Gasteiger partial charge on any atom is -0.494 e. The number of rotatable bonds is 8. The average Bonchev–Trinajstić information content (AvgIpc) is 2.54. The second kappa shape index (κ2) is 8.74. The minimum atomic E-state index is -1.08. The molecule has 10 nitrogen and oxygen atoms in total. The summed E-state index contributed by atoms with van der Waals surface area (Å²) in [7, 11) is 1.32. The van der Waals surface area contributed by atoms with Crippen molar-refractivity contribution in [2.75, 3.05) is 19.0 Å². The summed E-state index contributed by atoms with van der Waals surface area (Å²) < 4.78 is 5.01. The molecule has 10 heteroatoms. The predicted molar refractivity (Wildman–Crippen MR) is 82.2 cm³/mol. The van der Waals surface area contributed by atoms with Crippen LogP contribution in [0, 0.1) is 21.4 Å². The van der Waals surface area contributed by atoms with Gasteiger partial charge in [0.15, 0.2) is 0 Å². The van der Waals surface area contributed by atoms with E-state index in [1.165, 1.54) is 25.3 Å². The summed E-state index contributed by atoms with van der Waals surface area (Å²) in [5.74, 6) is -1.66. The first-order valence-electron chi connectivity index (χ1n) is 6.58. The Labute approximate surface area is 136 Å². The van der Waals surface area contributed by atoms with Gasteiger partial charge in [-0.2, -0.15) is 5.26 Å². The molecule has 3 N–H and O–H groups in total. The molecule has 0 atom stereocenters. The number of anilines is 1. The first kappa shape index (κ1) is 18.4. The standard InChI is InChI=1S/C14H14N4O6/c1-24-12-6-10(18(22)23)2-3-11(12)17-8-9(7-15)14(21)16-5-4-13(19)20/h2-3,6,8,17H,4-5H2,1H3,(H,16,21)(H,19,20)/b9-8-. The van der Waals surface area contributed by atoms with Gasteiger partial charge in [-0.1, -0.05) is 0 Å². The number of carbonyl (C=O) groups is 2. The number of nitro groups is 1. The van der Waals surface area contributed by atoms with Crippen molar-refractivity contribution in [1.82, 2.24) is 5.32 Å². The van der Waals surface area contributed by atoms with Gasteiger partial charge in [-0.05, 0) is 6.07 Å². The fourth-order valence-corrected chi connectivity index (χ4v) is 1.59. The summed E-state index contributed by atoms with van der Waals surface area (Å²) in [6.45, 7) is -0.117. The van der Waals surface area contributed by atoms with Crippen LogP contribution in [0.3, 0.4) is 0 Å². The number of carboxylic acids is 1. The number of amides is 1. The van der Waals surface area contributed by atoms with Crippen molar-refractivity contribution in [1.29, 1.82) is 5.26 Å². The topological polar surface area (TPSA) is 155 Å². The van der Waals surface area contributed by atoms with E-state index in [0.29, 0.717) is 5.69 Å². The lowest BCUT2D eigenvalue weighted by Gasteiger charge is -2.08. The summed E-state index contributed by atoms with van der Waals surface area (Å²) in [5, 5.41) is 33.1. The van der Waals surface area contributed by atoms with Gasteiger partial charge in [-0.3, -0.25) is 19.7 Å². The number of carbonyl (C=O) groups excluding carboxylic acids is 1. The summed E-state index contributed by atoms with van der Waals surface area (Å²) in [4.78, 5) is 32.2. The number of non-ortho nitro benzene ring substituents is 1. The molecule has 0 unspecified atom stereocenters. The van der Waals surface area contributed by atoms with Crippen molar-refractivity contribution >= 4 is 23.3 Å². The van der Waals surface area contributed by atoms with Crippen LogP contribution in [0.15, 0.2) is 30.0 Å². The number of hydrogen-bond acceptors (Lipinski definition) is 7.